The number of halogens is 2. The molecule has 0 atom stereocenters. The number of hydrogen-bond acceptors (Lipinski definition) is 5. The van der Waals surface area contributed by atoms with Gasteiger partial charge in [-0.2, -0.15) is 0 Å². The number of H-pyrrole nitrogens is 1. The van der Waals surface area contributed by atoms with Crippen LogP contribution in [0.4, 0.5) is 8.78 Å². The molecule has 0 unspecified atom stereocenters. The zero-order chi connectivity index (χ0) is 23.0. The van der Waals surface area contributed by atoms with Crippen LogP contribution in [0.5, 0.6) is 5.75 Å². The molecule has 6 nitrogen and oxygen atoms in total. The van der Waals surface area contributed by atoms with E-state index in [1.54, 1.807) is 13.0 Å². The normalized spacial score (nSPS) is 15.9. The SMILES string of the molecule is Cc1c[nH]c(=O)c2ccc(OC3CCN(Cc4cc(F)ccc4S(C)(=O)=O)CC3)c(F)c12. The van der Waals surface area contributed by atoms with Gasteiger partial charge in [0.05, 0.1) is 10.3 Å². The number of piperidine rings is 1. The average Bonchev–Trinajstić information content (AvgIpc) is 2.73. The minimum absolute atomic E-state index is 0.106. The Morgan fingerprint density at radius 2 is 1.88 bits per heavy atom. The zero-order valence-electron chi connectivity index (χ0n) is 17.8. The van der Waals surface area contributed by atoms with Gasteiger partial charge in [-0.05, 0) is 61.2 Å². The molecule has 1 fully saturated rings. The van der Waals surface area contributed by atoms with E-state index in [0.29, 0.717) is 43.6 Å². The molecule has 1 aromatic heterocycles. The van der Waals surface area contributed by atoms with Gasteiger partial charge in [0.1, 0.15) is 11.9 Å². The molecule has 2 heterocycles. The second-order valence-corrected chi connectivity index (χ2v) is 10.2. The Kier molecular flexibility index (Phi) is 6.05. The summed E-state index contributed by atoms with van der Waals surface area (Å²) in [5, 5.41) is 0.532. The van der Waals surface area contributed by atoms with Crippen LogP contribution >= 0.6 is 0 Å². The lowest BCUT2D eigenvalue weighted by Gasteiger charge is -2.32. The van der Waals surface area contributed by atoms with E-state index in [9.17, 15) is 17.6 Å². The van der Waals surface area contributed by atoms with Crippen molar-refractivity contribution in [1.29, 1.82) is 0 Å². The summed E-state index contributed by atoms with van der Waals surface area (Å²) >= 11 is 0. The Hall–Kier alpha value is -2.78. The van der Waals surface area contributed by atoms with E-state index >= 15 is 4.39 Å². The number of rotatable bonds is 5. The van der Waals surface area contributed by atoms with E-state index in [1.165, 1.54) is 24.4 Å². The summed E-state index contributed by atoms with van der Waals surface area (Å²) in [5.74, 6) is -0.924. The molecule has 0 radical (unpaired) electrons. The van der Waals surface area contributed by atoms with E-state index in [2.05, 4.69) is 4.98 Å². The standard InChI is InChI=1S/C23H24F2N2O4S/c1-14-12-26-23(28)18-4-5-19(22(25)21(14)18)31-17-7-9-27(10-8-17)13-15-11-16(24)3-6-20(15)32(2,29)30/h3-6,11-12,17H,7-10,13H2,1-2H3,(H,26,28). The number of ether oxygens (including phenoxy) is 1. The van der Waals surface area contributed by atoms with Crippen molar-refractivity contribution >= 4 is 20.6 Å². The smallest absolute Gasteiger partial charge is 0.255 e. The molecule has 0 aliphatic carbocycles. The molecule has 1 aliphatic rings. The van der Waals surface area contributed by atoms with Crippen LogP contribution in [-0.4, -0.2) is 43.8 Å². The minimum Gasteiger partial charge on any atom is -0.487 e. The van der Waals surface area contributed by atoms with Gasteiger partial charge in [-0.3, -0.25) is 9.69 Å². The molecule has 0 amide bonds. The van der Waals surface area contributed by atoms with Crippen LogP contribution in [0.25, 0.3) is 10.8 Å². The summed E-state index contributed by atoms with van der Waals surface area (Å²) in [4.78, 5) is 16.7. The third-order valence-electron chi connectivity index (χ3n) is 5.81. The third kappa shape index (κ3) is 4.54. The molecule has 3 aromatic rings. The first-order valence-corrected chi connectivity index (χ1v) is 12.2. The molecule has 0 bridgehead atoms. The highest BCUT2D eigenvalue weighted by Gasteiger charge is 2.24. The number of sulfone groups is 1. The highest BCUT2D eigenvalue weighted by molar-refractivity contribution is 7.90. The van der Waals surface area contributed by atoms with Crippen molar-refractivity contribution in [2.45, 2.75) is 37.3 Å². The maximum atomic E-state index is 15.0. The van der Waals surface area contributed by atoms with Crippen LogP contribution in [0, 0.1) is 18.6 Å². The van der Waals surface area contributed by atoms with E-state index in [4.69, 9.17) is 4.74 Å². The van der Waals surface area contributed by atoms with Gasteiger partial charge in [-0.15, -0.1) is 0 Å². The van der Waals surface area contributed by atoms with Crippen LogP contribution in [0.3, 0.4) is 0 Å². The fraction of sp³-hybridized carbons (Fsp3) is 0.348. The molecule has 0 saturated carbocycles. The monoisotopic (exact) mass is 462 g/mol. The van der Waals surface area contributed by atoms with Crippen LogP contribution in [0.2, 0.25) is 0 Å². The first-order valence-electron chi connectivity index (χ1n) is 10.3. The molecule has 2 aromatic carbocycles. The van der Waals surface area contributed by atoms with Crippen LogP contribution in [-0.2, 0) is 16.4 Å². The van der Waals surface area contributed by atoms with Crippen molar-refractivity contribution in [3.8, 4) is 5.75 Å². The lowest BCUT2D eigenvalue weighted by Crippen LogP contribution is -2.38. The fourth-order valence-electron chi connectivity index (χ4n) is 4.19. The average molecular weight is 463 g/mol. The Morgan fingerprint density at radius 3 is 2.56 bits per heavy atom. The number of fused-ring (bicyclic) bond motifs is 1. The topological polar surface area (TPSA) is 79.5 Å². The van der Waals surface area contributed by atoms with Crippen molar-refractivity contribution in [2.24, 2.45) is 0 Å². The Balaban J connectivity index is 1.46. The van der Waals surface area contributed by atoms with Gasteiger partial charge >= 0.3 is 0 Å². The van der Waals surface area contributed by atoms with Crippen LogP contribution in [0.15, 0.2) is 46.2 Å². The highest BCUT2D eigenvalue weighted by atomic mass is 32.2. The molecule has 1 N–H and O–H groups in total. The van der Waals surface area contributed by atoms with Crippen molar-refractivity contribution in [2.75, 3.05) is 19.3 Å². The summed E-state index contributed by atoms with van der Waals surface area (Å²) in [6, 6.07) is 6.74. The van der Waals surface area contributed by atoms with Gasteiger partial charge in [0.15, 0.2) is 21.4 Å². The molecule has 1 saturated heterocycles. The maximum absolute atomic E-state index is 15.0. The Morgan fingerprint density at radius 1 is 1.16 bits per heavy atom. The fourth-order valence-corrected chi connectivity index (χ4v) is 5.10. The Bertz CT molecular complexity index is 1330. The molecule has 1 aliphatic heterocycles. The molecule has 32 heavy (non-hydrogen) atoms. The van der Waals surface area contributed by atoms with E-state index < -0.39 is 21.5 Å². The first-order chi connectivity index (χ1) is 15.1. The Labute approximate surface area is 184 Å². The number of hydrogen-bond donors (Lipinski definition) is 1. The second kappa shape index (κ2) is 8.63. The molecule has 9 heteroatoms. The van der Waals surface area contributed by atoms with Crippen LogP contribution in [0.1, 0.15) is 24.0 Å². The van der Waals surface area contributed by atoms with Gasteiger partial charge in [-0.1, -0.05) is 0 Å². The van der Waals surface area contributed by atoms with Gasteiger partial charge < -0.3 is 9.72 Å². The van der Waals surface area contributed by atoms with Crippen molar-refractivity contribution in [3.63, 3.8) is 0 Å². The first kappa shape index (κ1) is 22.4. The number of aryl methyl sites for hydroxylation is 1. The zero-order valence-corrected chi connectivity index (χ0v) is 18.6. The number of nitrogens with zero attached hydrogens (tertiary/aromatic N) is 1. The van der Waals surface area contributed by atoms with Gasteiger partial charge in [0.2, 0.25) is 0 Å². The molecular weight excluding hydrogens is 438 g/mol. The highest BCUT2D eigenvalue weighted by Crippen LogP contribution is 2.29. The predicted molar refractivity (Wildman–Crippen MR) is 118 cm³/mol. The summed E-state index contributed by atoms with van der Waals surface area (Å²) in [7, 11) is -3.47. The quantitative estimate of drug-likeness (QED) is 0.587. The van der Waals surface area contributed by atoms with Crippen molar-refractivity contribution in [1.82, 2.24) is 9.88 Å². The summed E-state index contributed by atoms with van der Waals surface area (Å²) in [6.07, 6.45) is 3.58. The summed E-state index contributed by atoms with van der Waals surface area (Å²) in [6.45, 7) is 3.22. The largest absolute Gasteiger partial charge is 0.487 e. The number of benzene rings is 2. The number of pyridine rings is 1. The lowest BCUT2D eigenvalue weighted by atomic mass is 10.1. The van der Waals surface area contributed by atoms with E-state index in [-0.39, 0.29) is 33.1 Å². The third-order valence-corrected chi connectivity index (χ3v) is 7.01. The number of aromatic nitrogens is 1. The predicted octanol–water partition coefficient (Wildman–Crippen LogP) is 3.56. The minimum atomic E-state index is -3.47. The molecular formula is C23H24F2N2O4S. The van der Waals surface area contributed by atoms with Gasteiger partial charge in [-0.25, -0.2) is 17.2 Å². The van der Waals surface area contributed by atoms with Gasteiger partial charge in [0, 0.05) is 37.5 Å². The number of nitrogens with one attached hydrogen (secondary N) is 1. The lowest BCUT2D eigenvalue weighted by molar-refractivity contribution is 0.0933. The van der Waals surface area contributed by atoms with E-state index in [1.807, 2.05) is 4.90 Å². The second-order valence-electron chi connectivity index (χ2n) is 8.22. The van der Waals surface area contributed by atoms with Crippen molar-refractivity contribution < 1.29 is 21.9 Å². The molecule has 0 spiro atoms. The number of aromatic amines is 1. The van der Waals surface area contributed by atoms with Crippen molar-refractivity contribution in [3.05, 3.63) is 69.6 Å². The summed E-state index contributed by atoms with van der Waals surface area (Å²) < 4.78 is 58.7. The van der Waals surface area contributed by atoms with Crippen LogP contribution < -0.4 is 10.3 Å². The molecule has 170 valence electrons. The van der Waals surface area contributed by atoms with E-state index in [0.717, 1.165) is 12.3 Å². The van der Waals surface area contributed by atoms with Gasteiger partial charge in [0.25, 0.3) is 5.56 Å². The maximum Gasteiger partial charge on any atom is 0.255 e. The summed E-state index contributed by atoms with van der Waals surface area (Å²) in [5.41, 5.74) is 0.692. The molecule has 4 rings (SSSR count). The number of likely N-dealkylation sites (tertiary alicyclic amines) is 1.